The molecule has 0 saturated carbocycles. The maximum absolute atomic E-state index is 12.0. The molecule has 6 nitrogen and oxygen atoms in total. The quantitative estimate of drug-likeness (QED) is 0.665. The van der Waals surface area contributed by atoms with Crippen molar-refractivity contribution in [3.63, 3.8) is 0 Å². The summed E-state index contributed by atoms with van der Waals surface area (Å²) in [7, 11) is 0. The number of hydrogen-bond donors (Lipinski definition) is 2. The molecule has 1 aromatic heterocycles. The number of esters is 1. The van der Waals surface area contributed by atoms with E-state index in [4.69, 9.17) is 9.15 Å². The van der Waals surface area contributed by atoms with E-state index in [1.54, 1.807) is 37.3 Å². The number of hydrogen-bond acceptors (Lipinski definition) is 5. The summed E-state index contributed by atoms with van der Waals surface area (Å²) in [6.45, 7) is 1.30. The van der Waals surface area contributed by atoms with Crippen LogP contribution in [0.15, 0.2) is 65.1 Å². The molecule has 6 heteroatoms. The van der Waals surface area contributed by atoms with E-state index in [-0.39, 0.29) is 6.04 Å². The van der Waals surface area contributed by atoms with E-state index in [0.29, 0.717) is 11.3 Å². The van der Waals surface area contributed by atoms with E-state index in [2.05, 4.69) is 5.32 Å². The van der Waals surface area contributed by atoms with Gasteiger partial charge in [0.15, 0.2) is 12.7 Å². The fourth-order valence-corrected chi connectivity index (χ4v) is 2.56. The highest BCUT2D eigenvalue weighted by Crippen LogP contribution is 2.23. The van der Waals surface area contributed by atoms with Crippen molar-refractivity contribution in [1.29, 1.82) is 0 Å². The topological polar surface area (TPSA) is 88.8 Å². The van der Waals surface area contributed by atoms with E-state index in [1.807, 2.05) is 30.3 Å². The Morgan fingerprint density at radius 1 is 1.12 bits per heavy atom. The molecular formula is C20H19NO5. The first-order valence-electron chi connectivity index (χ1n) is 8.22. The molecule has 2 atom stereocenters. The van der Waals surface area contributed by atoms with Crippen LogP contribution in [0.3, 0.4) is 0 Å². The number of fused-ring (bicyclic) bond motifs is 1. The first-order valence-corrected chi connectivity index (χ1v) is 8.22. The monoisotopic (exact) mass is 353 g/mol. The molecule has 2 N–H and O–H groups in total. The maximum atomic E-state index is 12.0. The average Bonchev–Trinajstić information content (AvgIpc) is 3.10. The Hall–Kier alpha value is -3.12. The van der Waals surface area contributed by atoms with Gasteiger partial charge in [-0.3, -0.25) is 4.79 Å². The van der Waals surface area contributed by atoms with Crippen LogP contribution in [-0.2, 0) is 14.3 Å². The summed E-state index contributed by atoms with van der Waals surface area (Å²) >= 11 is 0. The molecule has 0 radical (unpaired) electrons. The lowest BCUT2D eigenvalue weighted by Crippen LogP contribution is -2.31. The number of furan rings is 1. The first kappa shape index (κ1) is 17.7. The van der Waals surface area contributed by atoms with E-state index in [0.717, 1.165) is 11.0 Å². The molecule has 0 bridgehead atoms. The minimum atomic E-state index is -1.42. The number of amides is 1. The minimum Gasteiger partial charge on any atom is -0.459 e. The molecule has 134 valence electrons. The number of carbonyl (C=O) groups excluding carboxylic acids is 2. The number of ether oxygens (including phenoxy) is 1. The van der Waals surface area contributed by atoms with Gasteiger partial charge in [0.1, 0.15) is 11.3 Å². The Balaban J connectivity index is 1.52. The maximum Gasteiger partial charge on any atom is 0.340 e. The SMILES string of the molecule is C[C@@H](NC(=O)COC(=O)[C@H](O)c1ccccc1)c1cc2ccccc2o1. The smallest absolute Gasteiger partial charge is 0.340 e. The van der Waals surface area contributed by atoms with Crippen LogP contribution in [0.5, 0.6) is 0 Å². The van der Waals surface area contributed by atoms with Crippen LogP contribution in [0.2, 0.25) is 0 Å². The lowest BCUT2D eigenvalue weighted by atomic mass is 10.1. The number of benzene rings is 2. The number of carbonyl (C=O) groups is 2. The largest absolute Gasteiger partial charge is 0.459 e. The van der Waals surface area contributed by atoms with Gasteiger partial charge < -0.3 is 19.6 Å². The van der Waals surface area contributed by atoms with Crippen LogP contribution in [-0.4, -0.2) is 23.6 Å². The molecule has 2 aromatic carbocycles. The molecule has 0 aliphatic rings. The molecule has 1 heterocycles. The van der Waals surface area contributed by atoms with Crippen molar-refractivity contribution >= 4 is 22.8 Å². The van der Waals surface area contributed by atoms with Crippen molar-refractivity contribution < 1.29 is 23.8 Å². The zero-order valence-electron chi connectivity index (χ0n) is 14.2. The van der Waals surface area contributed by atoms with Crippen molar-refractivity contribution in [3.8, 4) is 0 Å². The first-order chi connectivity index (χ1) is 12.5. The zero-order chi connectivity index (χ0) is 18.5. The van der Waals surface area contributed by atoms with Crippen LogP contribution in [0.1, 0.15) is 30.4 Å². The fourth-order valence-electron chi connectivity index (χ4n) is 2.56. The van der Waals surface area contributed by atoms with Crippen molar-refractivity contribution in [2.75, 3.05) is 6.61 Å². The van der Waals surface area contributed by atoms with E-state index in [9.17, 15) is 14.7 Å². The Morgan fingerprint density at radius 2 is 1.81 bits per heavy atom. The number of aliphatic hydroxyl groups is 1. The van der Waals surface area contributed by atoms with Crippen LogP contribution < -0.4 is 5.32 Å². The summed E-state index contributed by atoms with van der Waals surface area (Å²) in [6, 6.07) is 17.4. The van der Waals surface area contributed by atoms with Gasteiger partial charge >= 0.3 is 5.97 Å². The second-order valence-corrected chi connectivity index (χ2v) is 5.90. The Morgan fingerprint density at radius 3 is 2.54 bits per heavy atom. The Bertz CT molecular complexity index is 870. The van der Waals surface area contributed by atoms with Crippen molar-refractivity contribution in [1.82, 2.24) is 5.32 Å². The summed E-state index contributed by atoms with van der Waals surface area (Å²) < 4.78 is 10.6. The highest BCUT2D eigenvalue weighted by Gasteiger charge is 2.21. The summed E-state index contributed by atoms with van der Waals surface area (Å²) in [5, 5.41) is 13.6. The fraction of sp³-hybridized carbons (Fsp3) is 0.200. The molecule has 3 aromatic rings. The molecule has 0 aliphatic heterocycles. The molecule has 0 unspecified atom stereocenters. The lowest BCUT2D eigenvalue weighted by Gasteiger charge is -2.13. The standard InChI is InChI=1S/C20H19NO5/c1-13(17-11-15-9-5-6-10-16(15)26-17)21-18(22)12-25-20(24)19(23)14-7-3-2-4-8-14/h2-11,13,19,23H,12H2,1H3,(H,21,22)/t13-,19-/m1/s1. The number of aliphatic hydroxyl groups excluding tert-OH is 1. The third-order valence-corrected chi connectivity index (χ3v) is 3.93. The molecule has 1 amide bonds. The molecule has 0 spiro atoms. The van der Waals surface area contributed by atoms with Crippen molar-refractivity contribution in [2.24, 2.45) is 0 Å². The van der Waals surface area contributed by atoms with Gasteiger partial charge in [0.25, 0.3) is 5.91 Å². The summed E-state index contributed by atoms with van der Waals surface area (Å²) in [5.74, 6) is -0.746. The summed E-state index contributed by atoms with van der Waals surface area (Å²) in [6.07, 6.45) is -1.42. The molecule has 0 fully saturated rings. The third kappa shape index (κ3) is 4.10. The summed E-state index contributed by atoms with van der Waals surface area (Å²) in [4.78, 5) is 23.8. The van der Waals surface area contributed by atoms with E-state index < -0.39 is 24.6 Å². The second kappa shape index (κ2) is 7.84. The van der Waals surface area contributed by atoms with Crippen LogP contribution in [0, 0.1) is 0 Å². The molecule has 0 aliphatic carbocycles. The van der Waals surface area contributed by atoms with E-state index in [1.165, 1.54) is 0 Å². The lowest BCUT2D eigenvalue weighted by molar-refractivity contribution is -0.157. The summed E-state index contributed by atoms with van der Waals surface area (Å²) in [5.41, 5.74) is 1.15. The Kier molecular flexibility index (Phi) is 5.34. The molecular weight excluding hydrogens is 334 g/mol. The van der Waals surface area contributed by atoms with Gasteiger partial charge in [0.05, 0.1) is 6.04 Å². The van der Waals surface area contributed by atoms with E-state index >= 15 is 0 Å². The zero-order valence-corrected chi connectivity index (χ0v) is 14.2. The highest BCUT2D eigenvalue weighted by molar-refractivity contribution is 5.83. The number of nitrogens with one attached hydrogen (secondary N) is 1. The van der Waals surface area contributed by atoms with Crippen LogP contribution in [0.4, 0.5) is 0 Å². The van der Waals surface area contributed by atoms with Crippen molar-refractivity contribution in [3.05, 3.63) is 72.0 Å². The normalized spacial score (nSPS) is 13.2. The minimum absolute atomic E-state index is 0.382. The van der Waals surface area contributed by atoms with Gasteiger partial charge in [-0.2, -0.15) is 0 Å². The molecule has 3 rings (SSSR count). The van der Waals surface area contributed by atoms with Gasteiger partial charge in [0.2, 0.25) is 0 Å². The average molecular weight is 353 g/mol. The van der Waals surface area contributed by atoms with Crippen LogP contribution >= 0.6 is 0 Å². The predicted octanol–water partition coefficient (Wildman–Crippen LogP) is 2.89. The van der Waals surface area contributed by atoms with Gasteiger partial charge in [-0.1, -0.05) is 48.5 Å². The predicted molar refractivity (Wildman–Crippen MR) is 95.1 cm³/mol. The van der Waals surface area contributed by atoms with Gasteiger partial charge in [0, 0.05) is 5.39 Å². The van der Waals surface area contributed by atoms with Crippen LogP contribution in [0.25, 0.3) is 11.0 Å². The number of para-hydroxylation sites is 1. The van der Waals surface area contributed by atoms with Gasteiger partial charge in [-0.15, -0.1) is 0 Å². The highest BCUT2D eigenvalue weighted by atomic mass is 16.5. The molecule has 26 heavy (non-hydrogen) atoms. The van der Waals surface area contributed by atoms with Crippen molar-refractivity contribution in [2.45, 2.75) is 19.1 Å². The third-order valence-electron chi connectivity index (χ3n) is 3.93. The van der Waals surface area contributed by atoms with Gasteiger partial charge in [-0.25, -0.2) is 4.79 Å². The second-order valence-electron chi connectivity index (χ2n) is 5.90. The molecule has 0 saturated heterocycles. The van der Waals surface area contributed by atoms with Gasteiger partial charge in [-0.05, 0) is 24.6 Å². The Labute approximate surface area is 150 Å². The number of rotatable bonds is 6.